The van der Waals surface area contributed by atoms with Crippen molar-refractivity contribution in [1.82, 2.24) is 5.32 Å². The number of rotatable bonds is 8. The van der Waals surface area contributed by atoms with E-state index in [1.807, 2.05) is 37.3 Å². The summed E-state index contributed by atoms with van der Waals surface area (Å²) in [7, 11) is 3.14. The lowest BCUT2D eigenvalue weighted by Crippen LogP contribution is -2.23. The zero-order valence-electron chi connectivity index (χ0n) is 14.8. The molecule has 2 aromatic carbocycles. The van der Waals surface area contributed by atoms with Crippen molar-refractivity contribution in [3.63, 3.8) is 0 Å². The number of ketones is 1. The smallest absolute Gasteiger partial charge is 0.220 e. The van der Waals surface area contributed by atoms with Crippen molar-refractivity contribution >= 4 is 11.7 Å². The molecule has 0 heterocycles. The molecule has 25 heavy (non-hydrogen) atoms. The largest absolute Gasteiger partial charge is 0.493 e. The monoisotopic (exact) mass is 341 g/mol. The van der Waals surface area contributed by atoms with E-state index >= 15 is 0 Å². The van der Waals surface area contributed by atoms with Crippen molar-refractivity contribution in [3.05, 3.63) is 59.2 Å². The molecule has 0 aliphatic carbocycles. The van der Waals surface area contributed by atoms with Gasteiger partial charge in [0.25, 0.3) is 0 Å². The molecule has 0 saturated carbocycles. The number of benzene rings is 2. The highest BCUT2D eigenvalue weighted by Gasteiger charge is 2.11. The summed E-state index contributed by atoms with van der Waals surface area (Å²) in [5, 5.41) is 2.82. The summed E-state index contributed by atoms with van der Waals surface area (Å²) in [6.07, 6.45) is 0.364. The van der Waals surface area contributed by atoms with Gasteiger partial charge in [-0.15, -0.1) is 0 Å². The van der Waals surface area contributed by atoms with Gasteiger partial charge in [0.2, 0.25) is 5.91 Å². The van der Waals surface area contributed by atoms with Crippen molar-refractivity contribution in [1.29, 1.82) is 0 Å². The van der Waals surface area contributed by atoms with Crippen molar-refractivity contribution in [2.45, 2.75) is 26.3 Å². The lowest BCUT2D eigenvalue weighted by molar-refractivity contribution is -0.121. The van der Waals surface area contributed by atoms with Crippen LogP contribution < -0.4 is 14.8 Å². The minimum absolute atomic E-state index is 0.0145. The van der Waals surface area contributed by atoms with Gasteiger partial charge in [0.15, 0.2) is 17.3 Å². The van der Waals surface area contributed by atoms with Gasteiger partial charge in [0.1, 0.15) is 0 Å². The molecule has 0 saturated heterocycles. The summed E-state index contributed by atoms with van der Waals surface area (Å²) in [4.78, 5) is 24.2. The molecule has 0 atom stereocenters. The summed E-state index contributed by atoms with van der Waals surface area (Å²) in [6.45, 7) is 2.27. The van der Waals surface area contributed by atoms with E-state index in [0.29, 0.717) is 23.6 Å². The summed E-state index contributed by atoms with van der Waals surface area (Å²) < 4.78 is 10.4. The molecule has 132 valence electrons. The van der Waals surface area contributed by atoms with E-state index < -0.39 is 0 Å². The van der Waals surface area contributed by atoms with Crippen LogP contribution in [0, 0.1) is 6.92 Å². The van der Waals surface area contributed by atoms with E-state index in [9.17, 15) is 9.59 Å². The molecule has 1 amide bonds. The van der Waals surface area contributed by atoms with Gasteiger partial charge in [-0.05, 0) is 30.2 Å². The number of aryl methyl sites for hydroxylation is 1. The molecular formula is C20H23NO4. The van der Waals surface area contributed by atoms with E-state index in [4.69, 9.17) is 9.47 Å². The van der Waals surface area contributed by atoms with Gasteiger partial charge in [-0.3, -0.25) is 9.59 Å². The molecule has 2 rings (SSSR count). The number of nitrogens with one attached hydrogen (secondary N) is 1. The quantitative estimate of drug-likeness (QED) is 0.748. The molecule has 2 aromatic rings. The standard InChI is InChI=1S/C20H23NO4/c1-14-6-4-5-7-16(14)17(22)9-11-20(23)21-13-15-8-10-18(24-2)19(12-15)25-3/h4-8,10,12H,9,11,13H2,1-3H3,(H,21,23). The lowest BCUT2D eigenvalue weighted by atomic mass is 10.0. The van der Waals surface area contributed by atoms with Crippen LogP contribution in [0.2, 0.25) is 0 Å². The molecule has 0 radical (unpaired) electrons. The topological polar surface area (TPSA) is 64.6 Å². The minimum atomic E-state index is -0.156. The number of methoxy groups -OCH3 is 2. The van der Waals surface area contributed by atoms with Crippen molar-refractivity contribution < 1.29 is 19.1 Å². The maximum atomic E-state index is 12.2. The van der Waals surface area contributed by atoms with Gasteiger partial charge in [0, 0.05) is 24.9 Å². The fraction of sp³-hybridized carbons (Fsp3) is 0.300. The summed E-state index contributed by atoms with van der Waals surface area (Å²) in [5.41, 5.74) is 2.50. The van der Waals surface area contributed by atoms with Gasteiger partial charge in [-0.1, -0.05) is 30.3 Å². The zero-order valence-corrected chi connectivity index (χ0v) is 14.8. The average molecular weight is 341 g/mol. The fourth-order valence-electron chi connectivity index (χ4n) is 2.53. The van der Waals surface area contributed by atoms with Gasteiger partial charge in [0.05, 0.1) is 14.2 Å². The number of Topliss-reactive ketones (excluding diaryl/α,β-unsaturated/α-hetero) is 1. The van der Waals surface area contributed by atoms with Crippen molar-refractivity contribution in [2.24, 2.45) is 0 Å². The van der Waals surface area contributed by atoms with Crippen LogP contribution in [0.4, 0.5) is 0 Å². The van der Waals surface area contributed by atoms with Crippen LogP contribution in [0.5, 0.6) is 11.5 Å². The first-order valence-electron chi connectivity index (χ1n) is 8.11. The van der Waals surface area contributed by atoms with Crippen LogP contribution >= 0.6 is 0 Å². The molecule has 0 fully saturated rings. The first kappa shape index (κ1) is 18.5. The SMILES string of the molecule is COc1ccc(CNC(=O)CCC(=O)c2ccccc2C)cc1OC. The third kappa shape index (κ3) is 5.08. The van der Waals surface area contributed by atoms with Gasteiger partial charge < -0.3 is 14.8 Å². The van der Waals surface area contributed by atoms with Crippen molar-refractivity contribution in [2.75, 3.05) is 14.2 Å². The summed E-state index contributed by atoms with van der Waals surface area (Å²) >= 11 is 0. The third-order valence-electron chi connectivity index (χ3n) is 3.96. The number of carbonyl (C=O) groups excluding carboxylic acids is 2. The molecule has 0 aliphatic rings. The van der Waals surface area contributed by atoms with Crippen LogP contribution in [-0.2, 0) is 11.3 Å². The second kappa shape index (κ2) is 8.87. The van der Waals surface area contributed by atoms with Crippen LogP contribution in [0.15, 0.2) is 42.5 Å². The average Bonchev–Trinajstić information content (AvgIpc) is 2.64. The number of amides is 1. The molecule has 0 unspecified atom stereocenters. The molecule has 5 heteroatoms. The third-order valence-corrected chi connectivity index (χ3v) is 3.96. The number of ether oxygens (including phenoxy) is 2. The normalized spacial score (nSPS) is 10.2. The number of carbonyl (C=O) groups is 2. The predicted octanol–water partition coefficient (Wildman–Crippen LogP) is 3.29. The second-order valence-electron chi connectivity index (χ2n) is 5.70. The Labute approximate surface area is 148 Å². The highest BCUT2D eigenvalue weighted by Crippen LogP contribution is 2.27. The Morgan fingerprint density at radius 2 is 1.68 bits per heavy atom. The Morgan fingerprint density at radius 1 is 0.960 bits per heavy atom. The second-order valence-corrected chi connectivity index (χ2v) is 5.70. The summed E-state index contributed by atoms with van der Waals surface area (Å²) in [5.74, 6) is 1.08. The highest BCUT2D eigenvalue weighted by molar-refractivity contribution is 5.99. The Morgan fingerprint density at radius 3 is 2.36 bits per heavy atom. The van der Waals surface area contributed by atoms with Crippen molar-refractivity contribution in [3.8, 4) is 11.5 Å². The maximum Gasteiger partial charge on any atom is 0.220 e. The molecule has 1 N–H and O–H groups in total. The lowest BCUT2D eigenvalue weighted by Gasteiger charge is -2.10. The zero-order chi connectivity index (χ0) is 18.2. The summed E-state index contributed by atoms with van der Waals surface area (Å²) in [6, 6.07) is 12.9. The molecular weight excluding hydrogens is 318 g/mol. The van der Waals surface area contributed by atoms with Gasteiger partial charge in [-0.2, -0.15) is 0 Å². The molecule has 0 bridgehead atoms. The van der Waals surface area contributed by atoms with E-state index in [1.54, 1.807) is 26.4 Å². The highest BCUT2D eigenvalue weighted by atomic mass is 16.5. The minimum Gasteiger partial charge on any atom is -0.493 e. The first-order chi connectivity index (χ1) is 12.0. The Kier molecular flexibility index (Phi) is 6.57. The Balaban J connectivity index is 1.85. The van der Waals surface area contributed by atoms with E-state index in [0.717, 1.165) is 11.1 Å². The van der Waals surface area contributed by atoms with Gasteiger partial charge in [-0.25, -0.2) is 0 Å². The van der Waals surface area contributed by atoms with Crippen LogP contribution in [0.1, 0.15) is 34.3 Å². The molecule has 5 nitrogen and oxygen atoms in total. The predicted molar refractivity (Wildman–Crippen MR) is 96.1 cm³/mol. The molecule has 0 aliphatic heterocycles. The first-order valence-corrected chi connectivity index (χ1v) is 8.11. The Hall–Kier alpha value is -2.82. The maximum absolute atomic E-state index is 12.2. The van der Waals surface area contributed by atoms with Gasteiger partial charge >= 0.3 is 0 Å². The molecule has 0 aromatic heterocycles. The van der Waals surface area contributed by atoms with Crippen LogP contribution in [0.25, 0.3) is 0 Å². The number of hydrogen-bond acceptors (Lipinski definition) is 4. The fourth-order valence-corrected chi connectivity index (χ4v) is 2.53. The van der Waals surface area contributed by atoms with Crippen LogP contribution in [-0.4, -0.2) is 25.9 Å². The van der Waals surface area contributed by atoms with E-state index in [1.165, 1.54) is 0 Å². The van der Waals surface area contributed by atoms with E-state index in [2.05, 4.69) is 5.32 Å². The Bertz CT molecular complexity index is 755. The van der Waals surface area contributed by atoms with Crippen LogP contribution in [0.3, 0.4) is 0 Å². The number of hydrogen-bond donors (Lipinski definition) is 1. The molecule has 0 spiro atoms. The van der Waals surface area contributed by atoms with E-state index in [-0.39, 0.29) is 24.5 Å².